The molecule has 3 aromatic rings. The van der Waals surface area contributed by atoms with E-state index in [1.165, 1.54) is 24.3 Å². The number of hydrogen-bond acceptors (Lipinski definition) is 6. The van der Waals surface area contributed by atoms with Crippen molar-refractivity contribution in [2.24, 2.45) is 0 Å². The van der Waals surface area contributed by atoms with Gasteiger partial charge in [0.05, 0.1) is 0 Å². The van der Waals surface area contributed by atoms with Gasteiger partial charge in [-0.15, -0.1) is 0 Å². The van der Waals surface area contributed by atoms with E-state index in [0.717, 1.165) is 24.2 Å². The van der Waals surface area contributed by atoms with E-state index >= 15 is 0 Å². The molecule has 1 saturated heterocycles. The van der Waals surface area contributed by atoms with Gasteiger partial charge in [0.25, 0.3) is 5.91 Å². The molecule has 3 heterocycles. The van der Waals surface area contributed by atoms with Crippen LogP contribution in [0.4, 0.5) is 10.2 Å². The maximum absolute atomic E-state index is 13.1. The highest BCUT2D eigenvalue weighted by Crippen LogP contribution is 2.39. The Morgan fingerprint density at radius 3 is 2.45 bits per heavy atom. The molecule has 1 aliphatic heterocycles. The highest BCUT2D eigenvalue weighted by molar-refractivity contribution is 5.94. The third-order valence-corrected chi connectivity index (χ3v) is 5.36. The fourth-order valence-electron chi connectivity index (χ4n) is 3.47. The van der Waals surface area contributed by atoms with E-state index in [1.54, 1.807) is 11.1 Å². The van der Waals surface area contributed by atoms with Crippen LogP contribution in [0, 0.1) is 5.82 Å². The molecular formula is C21H20FN5O2. The van der Waals surface area contributed by atoms with Crippen molar-refractivity contribution >= 4 is 11.7 Å². The predicted molar refractivity (Wildman–Crippen MR) is 104 cm³/mol. The number of carbonyl (C=O) groups is 1. The maximum atomic E-state index is 13.1. The fraction of sp³-hybridized carbons (Fsp3) is 0.333. The largest absolute Gasteiger partial charge is 0.353 e. The molecule has 2 aliphatic rings. The molecule has 1 saturated carbocycles. The lowest BCUT2D eigenvalue weighted by Crippen LogP contribution is -2.49. The molecule has 5 rings (SSSR count). The average Bonchev–Trinajstić information content (AvgIpc) is 3.51. The molecule has 29 heavy (non-hydrogen) atoms. The highest BCUT2D eigenvalue weighted by Gasteiger charge is 2.30. The van der Waals surface area contributed by atoms with Crippen molar-refractivity contribution in [2.45, 2.75) is 18.8 Å². The summed E-state index contributed by atoms with van der Waals surface area (Å²) in [6, 6.07) is 9.56. The summed E-state index contributed by atoms with van der Waals surface area (Å²) in [5, 5.41) is 4.05. The summed E-state index contributed by atoms with van der Waals surface area (Å²) >= 11 is 0. The van der Waals surface area contributed by atoms with Crippen LogP contribution in [0.5, 0.6) is 0 Å². The van der Waals surface area contributed by atoms with E-state index in [9.17, 15) is 9.18 Å². The quantitative estimate of drug-likeness (QED) is 0.678. The smallest absolute Gasteiger partial charge is 0.253 e. The topological polar surface area (TPSA) is 75.4 Å². The zero-order valence-electron chi connectivity index (χ0n) is 15.8. The van der Waals surface area contributed by atoms with Gasteiger partial charge in [-0.05, 0) is 49.2 Å². The molecule has 0 atom stereocenters. The molecule has 1 aliphatic carbocycles. The van der Waals surface area contributed by atoms with E-state index in [4.69, 9.17) is 4.52 Å². The molecule has 2 aromatic heterocycles. The van der Waals surface area contributed by atoms with E-state index in [1.807, 2.05) is 12.1 Å². The second-order valence-electron chi connectivity index (χ2n) is 7.42. The summed E-state index contributed by atoms with van der Waals surface area (Å²) in [6.45, 7) is 2.56. The van der Waals surface area contributed by atoms with Crippen molar-refractivity contribution in [1.29, 1.82) is 0 Å². The molecule has 0 N–H and O–H groups in total. The van der Waals surface area contributed by atoms with Crippen LogP contribution < -0.4 is 4.90 Å². The van der Waals surface area contributed by atoms with Crippen molar-refractivity contribution in [3.63, 3.8) is 0 Å². The Morgan fingerprint density at radius 1 is 1.03 bits per heavy atom. The number of halogens is 1. The average molecular weight is 393 g/mol. The number of aromatic nitrogens is 3. The Kier molecular flexibility index (Phi) is 4.46. The fourth-order valence-corrected chi connectivity index (χ4v) is 3.47. The van der Waals surface area contributed by atoms with Gasteiger partial charge in [-0.2, -0.15) is 4.98 Å². The number of amides is 1. The SMILES string of the molecule is O=C(c1ccc(F)cc1)N1CCN(c2ccc(-c3noc(C4CC4)n3)cn2)CC1. The van der Waals surface area contributed by atoms with Gasteiger partial charge < -0.3 is 14.3 Å². The summed E-state index contributed by atoms with van der Waals surface area (Å²) in [7, 11) is 0. The summed E-state index contributed by atoms with van der Waals surface area (Å²) in [5.41, 5.74) is 1.34. The Bertz CT molecular complexity index is 1010. The molecule has 2 fully saturated rings. The first-order valence-corrected chi connectivity index (χ1v) is 9.77. The lowest BCUT2D eigenvalue weighted by molar-refractivity contribution is 0.0746. The number of anilines is 1. The maximum Gasteiger partial charge on any atom is 0.253 e. The zero-order valence-corrected chi connectivity index (χ0v) is 15.8. The third kappa shape index (κ3) is 3.70. The van der Waals surface area contributed by atoms with Crippen LogP contribution in [-0.2, 0) is 0 Å². The second kappa shape index (κ2) is 7.27. The van der Waals surface area contributed by atoms with Crippen molar-refractivity contribution in [1.82, 2.24) is 20.0 Å². The molecule has 0 bridgehead atoms. The number of piperazine rings is 1. The van der Waals surface area contributed by atoms with E-state index in [-0.39, 0.29) is 11.7 Å². The number of benzene rings is 1. The lowest BCUT2D eigenvalue weighted by Gasteiger charge is -2.35. The third-order valence-electron chi connectivity index (χ3n) is 5.36. The Hall–Kier alpha value is -3.29. The van der Waals surface area contributed by atoms with Crippen molar-refractivity contribution in [3.8, 4) is 11.4 Å². The van der Waals surface area contributed by atoms with Gasteiger partial charge in [0.15, 0.2) is 0 Å². The van der Waals surface area contributed by atoms with Crippen molar-refractivity contribution in [3.05, 3.63) is 59.9 Å². The minimum Gasteiger partial charge on any atom is -0.353 e. The van der Waals surface area contributed by atoms with Crippen LogP contribution in [-0.4, -0.2) is 52.1 Å². The Labute approximate surface area is 167 Å². The van der Waals surface area contributed by atoms with Crippen molar-refractivity contribution in [2.75, 3.05) is 31.1 Å². The van der Waals surface area contributed by atoms with E-state index in [0.29, 0.717) is 49.4 Å². The molecule has 1 aromatic carbocycles. The second-order valence-corrected chi connectivity index (χ2v) is 7.42. The van der Waals surface area contributed by atoms with Crippen molar-refractivity contribution < 1.29 is 13.7 Å². The molecule has 8 heteroatoms. The summed E-state index contributed by atoms with van der Waals surface area (Å²) in [6.07, 6.45) is 4.00. The molecule has 1 amide bonds. The normalized spacial score (nSPS) is 16.9. The number of nitrogens with zero attached hydrogens (tertiary/aromatic N) is 5. The first kappa shape index (κ1) is 17.8. The number of rotatable bonds is 4. The van der Waals surface area contributed by atoms with Crippen LogP contribution in [0.3, 0.4) is 0 Å². The molecule has 148 valence electrons. The minimum absolute atomic E-state index is 0.0727. The zero-order chi connectivity index (χ0) is 19.8. The van der Waals surface area contributed by atoms with Crippen LogP contribution in [0.2, 0.25) is 0 Å². The van der Waals surface area contributed by atoms with Gasteiger partial charge in [0.2, 0.25) is 11.7 Å². The van der Waals surface area contributed by atoms with Gasteiger partial charge in [-0.25, -0.2) is 9.37 Å². The van der Waals surface area contributed by atoms with E-state index < -0.39 is 0 Å². The van der Waals surface area contributed by atoms with Crippen LogP contribution in [0.15, 0.2) is 47.1 Å². The van der Waals surface area contributed by atoms with E-state index in [2.05, 4.69) is 20.0 Å². The molecule has 0 radical (unpaired) electrons. The molecule has 0 unspecified atom stereocenters. The van der Waals surface area contributed by atoms with Gasteiger partial charge >= 0.3 is 0 Å². The molecule has 7 nitrogen and oxygen atoms in total. The summed E-state index contributed by atoms with van der Waals surface area (Å²) in [4.78, 5) is 25.5. The lowest BCUT2D eigenvalue weighted by atomic mass is 10.1. The first-order chi connectivity index (χ1) is 14.2. The molecule has 0 spiro atoms. The van der Waals surface area contributed by atoms with Crippen LogP contribution >= 0.6 is 0 Å². The number of pyridine rings is 1. The monoisotopic (exact) mass is 393 g/mol. The highest BCUT2D eigenvalue weighted by atomic mass is 19.1. The van der Waals surface area contributed by atoms with Gasteiger partial charge in [0.1, 0.15) is 11.6 Å². The first-order valence-electron chi connectivity index (χ1n) is 9.77. The Balaban J connectivity index is 1.21. The predicted octanol–water partition coefficient (Wildman–Crippen LogP) is 3.11. The van der Waals surface area contributed by atoms with Crippen LogP contribution in [0.1, 0.15) is 35.0 Å². The van der Waals surface area contributed by atoms with Gasteiger partial charge in [-0.1, -0.05) is 5.16 Å². The summed E-state index contributed by atoms with van der Waals surface area (Å²) < 4.78 is 18.4. The number of hydrogen-bond donors (Lipinski definition) is 0. The molecular weight excluding hydrogens is 373 g/mol. The van der Waals surface area contributed by atoms with Crippen LogP contribution in [0.25, 0.3) is 11.4 Å². The number of carbonyl (C=O) groups excluding carboxylic acids is 1. The van der Waals surface area contributed by atoms with Gasteiger partial charge in [-0.3, -0.25) is 4.79 Å². The Morgan fingerprint density at radius 2 is 1.79 bits per heavy atom. The van der Waals surface area contributed by atoms with Gasteiger partial charge in [0, 0.05) is 49.4 Å². The minimum atomic E-state index is -0.342. The standard InChI is InChI=1S/C21H20FN5O2/c22-17-6-3-15(4-7-17)21(28)27-11-9-26(10-12-27)18-8-5-16(13-23-18)19-24-20(29-25-19)14-1-2-14/h3-8,13-14H,1-2,9-12H2. The summed E-state index contributed by atoms with van der Waals surface area (Å²) in [5.74, 6) is 2.15.